The standard InChI is InChI=1S/C4H8NO/c1-4(3-6)5-2/h3,5H,1-2H3/b4-3+. The van der Waals surface area contributed by atoms with Gasteiger partial charge in [-0.15, -0.1) is 0 Å². The SMILES string of the molecule is CN/C(C)=C/[O]. The third-order valence-electron chi connectivity index (χ3n) is 0.571. The second-order valence-electron chi connectivity index (χ2n) is 1.05. The van der Waals surface area contributed by atoms with Crippen molar-refractivity contribution < 1.29 is 5.11 Å². The van der Waals surface area contributed by atoms with E-state index in [4.69, 9.17) is 0 Å². The van der Waals surface area contributed by atoms with Crippen molar-refractivity contribution in [3.8, 4) is 0 Å². The van der Waals surface area contributed by atoms with Crippen molar-refractivity contribution in [2.75, 3.05) is 7.05 Å². The van der Waals surface area contributed by atoms with E-state index in [1.54, 1.807) is 14.0 Å². The highest BCUT2D eigenvalue weighted by Crippen LogP contribution is 1.76. The Morgan fingerprint density at radius 2 is 2.33 bits per heavy atom. The van der Waals surface area contributed by atoms with E-state index in [9.17, 15) is 5.11 Å². The first kappa shape index (κ1) is 5.34. The van der Waals surface area contributed by atoms with Gasteiger partial charge in [-0.1, -0.05) is 0 Å². The summed E-state index contributed by atoms with van der Waals surface area (Å²) in [5, 5.41) is 12.3. The van der Waals surface area contributed by atoms with Crippen molar-refractivity contribution in [1.82, 2.24) is 5.32 Å². The molecule has 0 aromatic carbocycles. The number of hydrogen-bond donors (Lipinski definition) is 1. The van der Waals surface area contributed by atoms with Gasteiger partial charge in [-0.25, -0.2) is 0 Å². The van der Waals surface area contributed by atoms with Crippen LogP contribution >= 0.6 is 0 Å². The molecule has 0 fully saturated rings. The van der Waals surface area contributed by atoms with Gasteiger partial charge in [0.1, 0.15) is 0 Å². The Balaban J connectivity index is 3.22. The molecule has 0 aliphatic rings. The third-order valence-corrected chi connectivity index (χ3v) is 0.571. The lowest BCUT2D eigenvalue weighted by molar-refractivity contribution is 0.344. The fourth-order valence-electron chi connectivity index (χ4n) is 0.0589. The van der Waals surface area contributed by atoms with Crippen molar-refractivity contribution in [1.29, 1.82) is 0 Å². The van der Waals surface area contributed by atoms with Crippen LogP contribution in [0, 0.1) is 0 Å². The van der Waals surface area contributed by atoms with Crippen LogP contribution in [-0.4, -0.2) is 7.05 Å². The topological polar surface area (TPSA) is 31.9 Å². The predicted molar refractivity (Wildman–Crippen MR) is 23.5 cm³/mol. The van der Waals surface area contributed by atoms with Gasteiger partial charge in [0.25, 0.3) is 0 Å². The van der Waals surface area contributed by atoms with E-state index in [0.29, 0.717) is 5.70 Å². The fraction of sp³-hybridized carbons (Fsp3) is 0.500. The molecule has 0 spiro atoms. The Morgan fingerprint density at radius 3 is 2.33 bits per heavy atom. The van der Waals surface area contributed by atoms with Gasteiger partial charge >= 0.3 is 0 Å². The summed E-state index contributed by atoms with van der Waals surface area (Å²) in [5.41, 5.74) is 0.662. The second kappa shape index (κ2) is 2.57. The Morgan fingerprint density at radius 1 is 1.83 bits per heavy atom. The first-order valence-corrected chi connectivity index (χ1v) is 1.77. The van der Waals surface area contributed by atoms with Crippen LogP contribution in [0.4, 0.5) is 0 Å². The van der Waals surface area contributed by atoms with Crippen LogP contribution in [0.3, 0.4) is 0 Å². The number of rotatable bonds is 1. The molecule has 0 bridgehead atoms. The van der Waals surface area contributed by atoms with Gasteiger partial charge in [0.2, 0.25) is 0 Å². The van der Waals surface area contributed by atoms with Gasteiger partial charge in [0.05, 0.1) is 0 Å². The summed E-state index contributed by atoms with van der Waals surface area (Å²) in [5.74, 6) is 0. The summed E-state index contributed by atoms with van der Waals surface area (Å²) in [6, 6.07) is 0. The van der Waals surface area contributed by atoms with Gasteiger partial charge < -0.3 is 5.32 Å². The average Bonchev–Trinajstić information content (AvgIpc) is 1.65. The monoisotopic (exact) mass is 86.1 g/mol. The largest absolute Gasteiger partial charge is 0.389 e. The van der Waals surface area contributed by atoms with Crippen LogP contribution in [0.2, 0.25) is 0 Å². The maximum Gasteiger partial charge on any atom is 0.161 e. The van der Waals surface area contributed by atoms with Crippen molar-refractivity contribution in [3.05, 3.63) is 12.0 Å². The zero-order valence-corrected chi connectivity index (χ0v) is 3.99. The Hall–Kier alpha value is -0.660. The molecule has 0 aromatic rings. The molecule has 0 aliphatic carbocycles. The molecule has 0 unspecified atom stereocenters. The molecule has 35 valence electrons. The molecule has 0 atom stereocenters. The van der Waals surface area contributed by atoms with E-state index in [-0.39, 0.29) is 0 Å². The minimum absolute atomic E-state index is 0.662. The molecule has 0 aliphatic heterocycles. The lowest BCUT2D eigenvalue weighted by Gasteiger charge is -1.88. The highest BCUT2D eigenvalue weighted by Gasteiger charge is 1.73. The maximum atomic E-state index is 9.64. The summed E-state index contributed by atoms with van der Waals surface area (Å²) in [4.78, 5) is 0. The van der Waals surface area contributed by atoms with Gasteiger partial charge in [0.15, 0.2) is 6.26 Å². The fourth-order valence-corrected chi connectivity index (χ4v) is 0.0589. The number of allylic oxidation sites excluding steroid dienone is 1. The third kappa shape index (κ3) is 1.64. The Bertz CT molecular complexity index is 58.6. The van der Waals surface area contributed by atoms with Gasteiger partial charge in [-0.3, -0.25) is 5.11 Å². The zero-order valence-electron chi connectivity index (χ0n) is 3.99. The highest BCUT2D eigenvalue weighted by molar-refractivity contribution is 4.85. The van der Waals surface area contributed by atoms with Gasteiger partial charge in [0, 0.05) is 12.7 Å². The molecule has 0 heterocycles. The highest BCUT2D eigenvalue weighted by atomic mass is 16.2. The minimum Gasteiger partial charge on any atom is -0.389 e. The van der Waals surface area contributed by atoms with E-state index in [1.165, 1.54) is 0 Å². The quantitative estimate of drug-likeness (QED) is 0.463. The first-order valence-electron chi connectivity index (χ1n) is 1.77. The molecular weight excluding hydrogens is 78.0 g/mol. The summed E-state index contributed by atoms with van der Waals surface area (Å²) in [6.45, 7) is 1.72. The summed E-state index contributed by atoms with van der Waals surface area (Å²) in [6.07, 6.45) is 0.778. The number of hydrogen-bond acceptors (Lipinski definition) is 1. The van der Waals surface area contributed by atoms with E-state index >= 15 is 0 Å². The summed E-state index contributed by atoms with van der Waals surface area (Å²) >= 11 is 0. The second-order valence-corrected chi connectivity index (χ2v) is 1.05. The smallest absolute Gasteiger partial charge is 0.161 e. The number of nitrogens with one attached hydrogen (secondary N) is 1. The van der Waals surface area contributed by atoms with Crippen molar-refractivity contribution in [2.45, 2.75) is 6.92 Å². The van der Waals surface area contributed by atoms with Crippen LogP contribution in [0.15, 0.2) is 12.0 Å². The molecule has 6 heavy (non-hydrogen) atoms. The average molecular weight is 86.1 g/mol. The first-order chi connectivity index (χ1) is 2.81. The van der Waals surface area contributed by atoms with Crippen molar-refractivity contribution >= 4 is 0 Å². The molecular formula is C4H8NO. The molecule has 2 heteroatoms. The Labute approximate surface area is 37.5 Å². The lowest BCUT2D eigenvalue weighted by atomic mass is 10.6. The van der Waals surface area contributed by atoms with Crippen LogP contribution in [0.1, 0.15) is 6.92 Å². The maximum absolute atomic E-state index is 9.64. The van der Waals surface area contributed by atoms with Gasteiger partial charge in [-0.2, -0.15) is 0 Å². The molecule has 0 saturated carbocycles. The molecule has 0 saturated heterocycles. The molecule has 1 N–H and O–H groups in total. The molecule has 1 radical (unpaired) electrons. The normalized spacial score (nSPS) is 11.3. The minimum atomic E-state index is 0.662. The predicted octanol–water partition coefficient (Wildman–Crippen LogP) is 0.498. The molecule has 0 amide bonds. The van der Waals surface area contributed by atoms with Crippen molar-refractivity contribution in [3.63, 3.8) is 0 Å². The summed E-state index contributed by atoms with van der Waals surface area (Å²) in [7, 11) is 1.71. The molecule has 0 rings (SSSR count). The summed E-state index contributed by atoms with van der Waals surface area (Å²) < 4.78 is 0. The Kier molecular flexibility index (Phi) is 2.29. The molecule has 0 aromatic heterocycles. The van der Waals surface area contributed by atoms with Crippen LogP contribution in [0.5, 0.6) is 0 Å². The van der Waals surface area contributed by atoms with E-state index in [0.717, 1.165) is 6.26 Å². The zero-order chi connectivity index (χ0) is 4.99. The van der Waals surface area contributed by atoms with Crippen LogP contribution in [-0.2, 0) is 5.11 Å². The molecule has 2 nitrogen and oxygen atoms in total. The van der Waals surface area contributed by atoms with E-state index < -0.39 is 0 Å². The van der Waals surface area contributed by atoms with E-state index in [2.05, 4.69) is 5.32 Å². The van der Waals surface area contributed by atoms with Gasteiger partial charge in [-0.05, 0) is 6.92 Å². The lowest BCUT2D eigenvalue weighted by Crippen LogP contribution is -1.99. The van der Waals surface area contributed by atoms with Crippen molar-refractivity contribution in [2.24, 2.45) is 0 Å². The van der Waals surface area contributed by atoms with E-state index in [1.807, 2.05) is 0 Å². The van der Waals surface area contributed by atoms with Crippen LogP contribution in [0.25, 0.3) is 0 Å². The van der Waals surface area contributed by atoms with Crippen LogP contribution < -0.4 is 5.32 Å².